The lowest BCUT2D eigenvalue weighted by molar-refractivity contribution is 0.121. The summed E-state index contributed by atoms with van der Waals surface area (Å²) in [4.78, 5) is 5.15. The average molecular weight is 267 g/mol. The Kier molecular flexibility index (Phi) is 5.27. The predicted molar refractivity (Wildman–Crippen MR) is 82.5 cm³/mol. The van der Waals surface area contributed by atoms with Gasteiger partial charge in [0.25, 0.3) is 0 Å². The summed E-state index contributed by atoms with van der Waals surface area (Å²) in [6, 6.07) is 0.652. The van der Waals surface area contributed by atoms with Gasteiger partial charge in [-0.2, -0.15) is 0 Å². The van der Waals surface area contributed by atoms with Gasteiger partial charge in [-0.15, -0.1) is 0 Å². The van der Waals surface area contributed by atoms with Crippen molar-refractivity contribution in [2.75, 3.05) is 46.3 Å². The van der Waals surface area contributed by atoms with E-state index in [0.29, 0.717) is 11.5 Å². The maximum Gasteiger partial charge on any atom is 0.0244 e. The minimum absolute atomic E-state index is 0.381. The van der Waals surface area contributed by atoms with E-state index >= 15 is 0 Å². The highest BCUT2D eigenvalue weighted by Gasteiger charge is 2.29. The highest BCUT2D eigenvalue weighted by molar-refractivity contribution is 4.87. The number of likely N-dealkylation sites (tertiary alicyclic amines) is 1. The Bertz CT molecular complexity index is 264. The molecule has 0 aliphatic carbocycles. The molecule has 0 saturated carbocycles. The minimum Gasteiger partial charge on any atom is -0.311 e. The molecule has 0 spiro atoms. The first-order chi connectivity index (χ1) is 8.95. The molecular formula is C16H33N3. The zero-order chi connectivity index (χ0) is 13.9. The minimum atomic E-state index is 0.381. The number of hydrogen-bond acceptors (Lipinski definition) is 3. The molecule has 2 heterocycles. The lowest BCUT2D eigenvalue weighted by Gasteiger charge is -2.41. The molecule has 0 bridgehead atoms. The van der Waals surface area contributed by atoms with E-state index in [9.17, 15) is 0 Å². The molecule has 1 N–H and O–H groups in total. The molecule has 2 rings (SSSR count). The smallest absolute Gasteiger partial charge is 0.0244 e. The van der Waals surface area contributed by atoms with Gasteiger partial charge < -0.3 is 15.1 Å². The third-order valence-corrected chi connectivity index (χ3v) is 5.00. The van der Waals surface area contributed by atoms with Crippen LogP contribution in [0.15, 0.2) is 0 Å². The molecule has 2 aliphatic heterocycles. The number of hydrogen-bond donors (Lipinski definition) is 1. The molecule has 2 aliphatic rings. The summed E-state index contributed by atoms with van der Waals surface area (Å²) in [5, 5.41) is 3.68. The molecule has 1 atom stereocenters. The third-order valence-electron chi connectivity index (χ3n) is 5.00. The van der Waals surface area contributed by atoms with Crippen molar-refractivity contribution in [3.63, 3.8) is 0 Å². The SMILES string of the molecule is CN1CCC(CCN2CCNC(C(C)(C)C)C2)CC1. The van der Waals surface area contributed by atoms with Crippen LogP contribution in [0.5, 0.6) is 0 Å². The molecule has 0 aromatic heterocycles. The second kappa shape index (κ2) is 6.55. The van der Waals surface area contributed by atoms with E-state index in [1.165, 1.54) is 52.0 Å². The van der Waals surface area contributed by atoms with Gasteiger partial charge in [-0.25, -0.2) is 0 Å². The second-order valence-corrected chi connectivity index (χ2v) is 7.71. The summed E-state index contributed by atoms with van der Waals surface area (Å²) in [7, 11) is 2.25. The molecule has 2 saturated heterocycles. The van der Waals surface area contributed by atoms with Crippen molar-refractivity contribution in [1.82, 2.24) is 15.1 Å². The van der Waals surface area contributed by atoms with Crippen molar-refractivity contribution in [3.8, 4) is 0 Å². The van der Waals surface area contributed by atoms with Gasteiger partial charge in [-0.1, -0.05) is 20.8 Å². The predicted octanol–water partition coefficient (Wildman–Crippen LogP) is 2.04. The molecule has 19 heavy (non-hydrogen) atoms. The zero-order valence-corrected chi connectivity index (χ0v) is 13.4. The monoisotopic (exact) mass is 267 g/mol. The van der Waals surface area contributed by atoms with Crippen LogP contribution < -0.4 is 5.32 Å². The Morgan fingerprint density at radius 1 is 1.11 bits per heavy atom. The summed E-state index contributed by atoms with van der Waals surface area (Å²) in [6.07, 6.45) is 4.22. The molecule has 0 amide bonds. The van der Waals surface area contributed by atoms with E-state index in [1.807, 2.05) is 0 Å². The van der Waals surface area contributed by atoms with Crippen LogP contribution in [0, 0.1) is 11.3 Å². The van der Waals surface area contributed by atoms with Gasteiger partial charge in [0.1, 0.15) is 0 Å². The molecule has 3 nitrogen and oxygen atoms in total. The molecule has 1 unspecified atom stereocenters. The van der Waals surface area contributed by atoms with Gasteiger partial charge in [-0.3, -0.25) is 0 Å². The van der Waals surface area contributed by atoms with Crippen LogP contribution in [0.1, 0.15) is 40.0 Å². The Morgan fingerprint density at radius 3 is 2.42 bits per heavy atom. The van der Waals surface area contributed by atoms with E-state index in [1.54, 1.807) is 0 Å². The van der Waals surface area contributed by atoms with Crippen LogP contribution in [-0.4, -0.2) is 62.2 Å². The largest absolute Gasteiger partial charge is 0.311 e. The first-order valence-corrected chi connectivity index (χ1v) is 8.09. The van der Waals surface area contributed by atoms with Crippen LogP contribution >= 0.6 is 0 Å². The molecule has 0 aromatic rings. The van der Waals surface area contributed by atoms with Crippen LogP contribution in [0.3, 0.4) is 0 Å². The molecule has 0 radical (unpaired) electrons. The Hall–Kier alpha value is -0.120. The lowest BCUT2D eigenvalue weighted by Crippen LogP contribution is -2.56. The van der Waals surface area contributed by atoms with E-state index in [4.69, 9.17) is 0 Å². The van der Waals surface area contributed by atoms with Crippen molar-refractivity contribution in [2.24, 2.45) is 11.3 Å². The average Bonchev–Trinajstić information content (AvgIpc) is 2.37. The highest BCUT2D eigenvalue weighted by Crippen LogP contribution is 2.23. The van der Waals surface area contributed by atoms with Gasteiger partial charge >= 0.3 is 0 Å². The molecule has 112 valence electrons. The van der Waals surface area contributed by atoms with Crippen molar-refractivity contribution in [1.29, 1.82) is 0 Å². The van der Waals surface area contributed by atoms with Crippen LogP contribution in [-0.2, 0) is 0 Å². The van der Waals surface area contributed by atoms with Gasteiger partial charge in [0, 0.05) is 25.7 Å². The summed E-state index contributed by atoms with van der Waals surface area (Å²) >= 11 is 0. The lowest BCUT2D eigenvalue weighted by atomic mass is 9.85. The quantitative estimate of drug-likeness (QED) is 0.844. The number of piperidine rings is 1. The van der Waals surface area contributed by atoms with Crippen LogP contribution in [0.4, 0.5) is 0 Å². The molecular weight excluding hydrogens is 234 g/mol. The normalized spacial score (nSPS) is 28.7. The highest BCUT2D eigenvalue weighted by atomic mass is 15.2. The fraction of sp³-hybridized carbons (Fsp3) is 1.00. The fourth-order valence-electron chi connectivity index (χ4n) is 3.31. The van der Waals surface area contributed by atoms with E-state index in [2.05, 4.69) is 42.9 Å². The summed E-state index contributed by atoms with van der Waals surface area (Å²) in [5.74, 6) is 0.971. The summed E-state index contributed by atoms with van der Waals surface area (Å²) < 4.78 is 0. The third kappa shape index (κ3) is 4.73. The number of rotatable bonds is 3. The fourth-order valence-corrected chi connectivity index (χ4v) is 3.31. The van der Waals surface area contributed by atoms with Crippen LogP contribution in [0.25, 0.3) is 0 Å². The van der Waals surface area contributed by atoms with Gasteiger partial charge in [0.2, 0.25) is 0 Å². The summed E-state index contributed by atoms with van der Waals surface area (Å²) in [5.41, 5.74) is 0.381. The van der Waals surface area contributed by atoms with Crippen LogP contribution in [0.2, 0.25) is 0 Å². The van der Waals surface area contributed by atoms with Crippen molar-refractivity contribution >= 4 is 0 Å². The molecule has 0 aromatic carbocycles. The van der Waals surface area contributed by atoms with Gasteiger partial charge in [-0.05, 0) is 57.3 Å². The summed E-state index contributed by atoms with van der Waals surface area (Å²) in [6.45, 7) is 14.6. The second-order valence-electron chi connectivity index (χ2n) is 7.71. The number of nitrogens with one attached hydrogen (secondary N) is 1. The first kappa shape index (κ1) is 15.3. The number of nitrogens with zero attached hydrogens (tertiary/aromatic N) is 2. The first-order valence-electron chi connectivity index (χ1n) is 8.09. The van der Waals surface area contributed by atoms with Crippen molar-refractivity contribution in [2.45, 2.75) is 46.1 Å². The van der Waals surface area contributed by atoms with E-state index < -0.39 is 0 Å². The Balaban J connectivity index is 1.71. The maximum atomic E-state index is 3.68. The standard InChI is InChI=1S/C16H33N3/c1-16(2,3)15-13-19(12-8-17-15)11-7-14-5-9-18(4)10-6-14/h14-15,17H,5-13H2,1-4H3. The van der Waals surface area contributed by atoms with E-state index in [0.717, 1.165) is 12.5 Å². The van der Waals surface area contributed by atoms with Crippen molar-refractivity contribution in [3.05, 3.63) is 0 Å². The number of piperazine rings is 1. The maximum absolute atomic E-state index is 3.68. The molecule has 2 fully saturated rings. The zero-order valence-electron chi connectivity index (χ0n) is 13.4. The van der Waals surface area contributed by atoms with Gasteiger partial charge in [0.05, 0.1) is 0 Å². The Labute approximate surface area is 119 Å². The van der Waals surface area contributed by atoms with Gasteiger partial charge in [0.15, 0.2) is 0 Å². The topological polar surface area (TPSA) is 18.5 Å². The van der Waals surface area contributed by atoms with Crippen molar-refractivity contribution < 1.29 is 0 Å². The van der Waals surface area contributed by atoms with E-state index in [-0.39, 0.29) is 0 Å². The molecule has 3 heteroatoms. The Morgan fingerprint density at radius 2 is 1.79 bits per heavy atom.